The van der Waals surface area contributed by atoms with Gasteiger partial charge in [-0.15, -0.1) is 0 Å². The van der Waals surface area contributed by atoms with E-state index >= 15 is 0 Å². The number of sulfonamides is 1. The molecule has 0 aliphatic carbocycles. The quantitative estimate of drug-likeness (QED) is 0.759. The molecule has 0 saturated carbocycles. The number of ether oxygens (including phenoxy) is 1. The second-order valence-electron chi connectivity index (χ2n) is 6.77. The van der Waals surface area contributed by atoms with Gasteiger partial charge in [0.2, 0.25) is 10.0 Å². The maximum atomic E-state index is 12.4. The Morgan fingerprint density at radius 1 is 0.963 bits per heavy atom. The lowest BCUT2D eigenvalue weighted by Crippen LogP contribution is -2.31. The molecule has 7 heteroatoms. The predicted octanol–water partition coefficient (Wildman–Crippen LogP) is 3.40. The first-order chi connectivity index (χ1) is 12.6. The summed E-state index contributed by atoms with van der Waals surface area (Å²) in [7, 11) is -3.56. The molecule has 0 aromatic heterocycles. The molecule has 0 aliphatic rings. The highest BCUT2D eigenvalue weighted by Gasteiger charge is 2.18. The van der Waals surface area contributed by atoms with Crippen LogP contribution in [0.3, 0.4) is 0 Å². The SMILES string of the molecule is Cc1cccc(C)c1O[C@@H](C)C(=O)Nc1ccc(S(=O)(=O)NC(C)C)cc1. The highest BCUT2D eigenvalue weighted by Crippen LogP contribution is 2.24. The lowest BCUT2D eigenvalue weighted by Gasteiger charge is -2.18. The lowest BCUT2D eigenvalue weighted by molar-refractivity contribution is -0.122. The third kappa shape index (κ3) is 5.55. The summed E-state index contributed by atoms with van der Waals surface area (Å²) >= 11 is 0. The monoisotopic (exact) mass is 390 g/mol. The van der Waals surface area contributed by atoms with E-state index in [9.17, 15) is 13.2 Å². The second-order valence-corrected chi connectivity index (χ2v) is 8.48. The zero-order valence-corrected chi connectivity index (χ0v) is 17.1. The van der Waals surface area contributed by atoms with Crippen LogP contribution in [0.5, 0.6) is 5.75 Å². The van der Waals surface area contributed by atoms with Crippen LogP contribution in [0.4, 0.5) is 5.69 Å². The Morgan fingerprint density at radius 3 is 2.04 bits per heavy atom. The van der Waals surface area contributed by atoms with E-state index in [2.05, 4.69) is 10.0 Å². The van der Waals surface area contributed by atoms with Crippen molar-refractivity contribution >= 4 is 21.6 Å². The molecule has 146 valence electrons. The van der Waals surface area contributed by atoms with Gasteiger partial charge in [-0.2, -0.15) is 0 Å². The van der Waals surface area contributed by atoms with Gasteiger partial charge in [-0.3, -0.25) is 4.79 Å². The Bertz CT molecular complexity index is 886. The van der Waals surface area contributed by atoms with Gasteiger partial charge in [0.05, 0.1) is 4.90 Å². The van der Waals surface area contributed by atoms with E-state index in [1.54, 1.807) is 32.9 Å². The maximum Gasteiger partial charge on any atom is 0.265 e. The minimum absolute atomic E-state index is 0.147. The van der Waals surface area contributed by atoms with E-state index in [4.69, 9.17) is 4.74 Å². The number of aryl methyl sites for hydroxylation is 2. The maximum absolute atomic E-state index is 12.4. The number of anilines is 1. The second kappa shape index (κ2) is 8.54. The summed E-state index contributed by atoms with van der Waals surface area (Å²) in [6, 6.07) is 11.6. The summed E-state index contributed by atoms with van der Waals surface area (Å²) in [5.41, 5.74) is 2.42. The first-order valence-electron chi connectivity index (χ1n) is 8.76. The molecule has 0 fully saturated rings. The molecular weight excluding hydrogens is 364 g/mol. The minimum atomic E-state index is -3.56. The van der Waals surface area contributed by atoms with Crippen LogP contribution in [0.25, 0.3) is 0 Å². The molecule has 0 radical (unpaired) electrons. The third-order valence-electron chi connectivity index (χ3n) is 3.90. The van der Waals surface area contributed by atoms with Gasteiger partial charge in [0.15, 0.2) is 6.10 Å². The number of rotatable bonds is 7. The van der Waals surface area contributed by atoms with Crippen molar-refractivity contribution in [2.45, 2.75) is 51.7 Å². The van der Waals surface area contributed by atoms with Crippen molar-refractivity contribution in [1.82, 2.24) is 4.72 Å². The lowest BCUT2D eigenvalue weighted by atomic mass is 10.1. The number of para-hydroxylation sites is 1. The van der Waals surface area contributed by atoms with E-state index in [1.807, 2.05) is 32.0 Å². The average molecular weight is 391 g/mol. The van der Waals surface area contributed by atoms with Gasteiger partial charge < -0.3 is 10.1 Å². The van der Waals surface area contributed by atoms with Gasteiger partial charge in [0.1, 0.15) is 5.75 Å². The fourth-order valence-electron chi connectivity index (χ4n) is 2.56. The molecule has 6 nitrogen and oxygen atoms in total. The Balaban J connectivity index is 2.05. The summed E-state index contributed by atoms with van der Waals surface area (Å²) in [6.45, 7) is 9.04. The van der Waals surface area contributed by atoms with E-state index in [0.717, 1.165) is 11.1 Å². The van der Waals surface area contributed by atoms with Crippen molar-refractivity contribution in [3.8, 4) is 5.75 Å². The molecule has 2 N–H and O–H groups in total. The van der Waals surface area contributed by atoms with Crippen LogP contribution in [-0.2, 0) is 14.8 Å². The number of carbonyl (C=O) groups is 1. The summed E-state index contributed by atoms with van der Waals surface area (Å²) in [6.07, 6.45) is -0.698. The van der Waals surface area contributed by atoms with Crippen LogP contribution in [0.1, 0.15) is 31.9 Å². The number of benzene rings is 2. The molecule has 0 spiro atoms. The molecule has 0 aliphatic heterocycles. The van der Waals surface area contributed by atoms with Crippen molar-refractivity contribution in [3.63, 3.8) is 0 Å². The molecule has 0 unspecified atom stereocenters. The molecule has 1 atom stereocenters. The molecule has 2 aromatic carbocycles. The Labute approximate surface area is 161 Å². The summed E-state index contributed by atoms with van der Waals surface area (Å²) in [5, 5.41) is 2.74. The molecule has 0 bridgehead atoms. The summed E-state index contributed by atoms with van der Waals surface area (Å²) in [5.74, 6) is 0.384. The van der Waals surface area contributed by atoms with E-state index in [1.165, 1.54) is 12.1 Å². The Morgan fingerprint density at radius 2 is 1.52 bits per heavy atom. The fourth-order valence-corrected chi connectivity index (χ4v) is 3.81. The van der Waals surface area contributed by atoms with Gasteiger partial charge in [0, 0.05) is 11.7 Å². The van der Waals surface area contributed by atoms with E-state index in [-0.39, 0.29) is 16.8 Å². The molecule has 27 heavy (non-hydrogen) atoms. The highest BCUT2D eigenvalue weighted by molar-refractivity contribution is 7.89. The van der Waals surface area contributed by atoms with Crippen LogP contribution >= 0.6 is 0 Å². The van der Waals surface area contributed by atoms with E-state index < -0.39 is 16.1 Å². The zero-order chi connectivity index (χ0) is 20.2. The Kier molecular flexibility index (Phi) is 6.62. The largest absolute Gasteiger partial charge is 0.480 e. The number of hydrogen-bond donors (Lipinski definition) is 2. The molecule has 2 aromatic rings. The highest BCUT2D eigenvalue weighted by atomic mass is 32.2. The third-order valence-corrected chi connectivity index (χ3v) is 5.57. The standard InChI is InChI=1S/C20H26N2O4S/c1-13(2)22-27(24,25)18-11-9-17(10-12-18)21-20(23)16(5)26-19-14(3)7-6-8-15(19)4/h6-13,16,22H,1-5H3,(H,21,23)/t16-/m0/s1. The molecule has 1 amide bonds. The molecule has 0 saturated heterocycles. The van der Waals surface area contributed by atoms with Gasteiger partial charge in [0.25, 0.3) is 5.91 Å². The smallest absolute Gasteiger partial charge is 0.265 e. The zero-order valence-electron chi connectivity index (χ0n) is 16.2. The van der Waals surface area contributed by atoms with E-state index in [0.29, 0.717) is 11.4 Å². The molecular formula is C20H26N2O4S. The Hall–Kier alpha value is -2.38. The normalized spacial score (nSPS) is 12.7. The van der Waals surface area contributed by atoms with Crippen molar-refractivity contribution < 1.29 is 17.9 Å². The number of nitrogens with one attached hydrogen (secondary N) is 2. The minimum Gasteiger partial charge on any atom is -0.480 e. The van der Waals surface area contributed by atoms with Crippen molar-refractivity contribution in [1.29, 1.82) is 0 Å². The summed E-state index contributed by atoms with van der Waals surface area (Å²) < 4.78 is 32.6. The van der Waals surface area contributed by atoms with Gasteiger partial charge in [-0.1, -0.05) is 18.2 Å². The van der Waals surface area contributed by atoms with Crippen LogP contribution in [0, 0.1) is 13.8 Å². The predicted molar refractivity (Wildman–Crippen MR) is 107 cm³/mol. The van der Waals surface area contributed by atoms with Crippen molar-refractivity contribution in [2.24, 2.45) is 0 Å². The number of carbonyl (C=O) groups excluding carboxylic acids is 1. The van der Waals surface area contributed by atoms with Crippen molar-refractivity contribution in [2.75, 3.05) is 5.32 Å². The van der Waals surface area contributed by atoms with Crippen LogP contribution in [0.2, 0.25) is 0 Å². The van der Waals surface area contributed by atoms with Crippen molar-refractivity contribution in [3.05, 3.63) is 53.6 Å². The van der Waals surface area contributed by atoms with Gasteiger partial charge in [-0.25, -0.2) is 13.1 Å². The van der Waals surface area contributed by atoms with Gasteiger partial charge >= 0.3 is 0 Å². The number of amides is 1. The average Bonchev–Trinajstić information content (AvgIpc) is 2.57. The fraction of sp³-hybridized carbons (Fsp3) is 0.350. The molecule has 2 rings (SSSR count). The van der Waals surface area contributed by atoms with Crippen LogP contribution < -0.4 is 14.8 Å². The van der Waals surface area contributed by atoms with Gasteiger partial charge in [-0.05, 0) is 70.0 Å². The first-order valence-corrected chi connectivity index (χ1v) is 10.2. The van der Waals surface area contributed by atoms with Crippen LogP contribution in [-0.4, -0.2) is 26.5 Å². The van der Waals surface area contributed by atoms with Crippen LogP contribution in [0.15, 0.2) is 47.4 Å². The topological polar surface area (TPSA) is 84.5 Å². The molecule has 0 heterocycles. The first kappa shape index (κ1) is 20.9. The summed E-state index contributed by atoms with van der Waals surface area (Å²) in [4.78, 5) is 12.5. The number of hydrogen-bond acceptors (Lipinski definition) is 4.